The Labute approximate surface area is 133 Å². The van der Waals surface area contributed by atoms with Gasteiger partial charge in [-0.15, -0.1) is 0 Å². The first-order chi connectivity index (χ1) is 9.50. The third-order valence-electron chi connectivity index (χ3n) is 4.57. The predicted molar refractivity (Wildman–Crippen MR) is 92.3 cm³/mol. The van der Waals surface area contributed by atoms with Crippen molar-refractivity contribution in [2.75, 3.05) is 20.6 Å². The maximum absolute atomic E-state index is 3.72. The van der Waals surface area contributed by atoms with Crippen LogP contribution in [0.5, 0.6) is 0 Å². The van der Waals surface area contributed by atoms with Gasteiger partial charge < -0.3 is 10.2 Å². The molecule has 20 heavy (non-hydrogen) atoms. The van der Waals surface area contributed by atoms with E-state index in [1.54, 1.807) is 0 Å². The zero-order valence-electron chi connectivity index (χ0n) is 13.5. The van der Waals surface area contributed by atoms with Crippen molar-refractivity contribution in [2.45, 2.75) is 51.6 Å². The number of rotatable bonds is 8. The molecule has 0 heterocycles. The third-order valence-corrected chi connectivity index (χ3v) is 5.10. The van der Waals surface area contributed by atoms with E-state index < -0.39 is 0 Å². The maximum atomic E-state index is 3.72. The van der Waals surface area contributed by atoms with Crippen LogP contribution >= 0.6 is 15.9 Å². The molecule has 0 aliphatic carbocycles. The second-order valence-electron chi connectivity index (χ2n) is 5.65. The molecule has 0 spiro atoms. The standard InChI is InChI=1S/C17H29BrN2/c1-6-17(7-2,20(4)5)16(19-8-3)13-14-9-11-15(18)12-10-14/h9-12,16,19H,6-8,13H2,1-5H3. The summed E-state index contributed by atoms with van der Waals surface area (Å²) in [6, 6.07) is 9.18. The maximum Gasteiger partial charge on any atom is 0.0354 e. The monoisotopic (exact) mass is 340 g/mol. The van der Waals surface area contributed by atoms with Gasteiger partial charge in [0.15, 0.2) is 0 Å². The molecule has 114 valence electrons. The summed E-state index contributed by atoms with van der Waals surface area (Å²) in [4.78, 5) is 2.40. The molecule has 0 aromatic heterocycles. The van der Waals surface area contributed by atoms with Crippen molar-refractivity contribution < 1.29 is 0 Å². The zero-order valence-corrected chi connectivity index (χ0v) is 15.1. The normalized spacial score (nSPS) is 13.8. The summed E-state index contributed by atoms with van der Waals surface area (Å²) in [5.41, 5.74) is 1.61. The van der Waals surface area contributed by atoms with Crippen molar-refractivity contribution >= 4 is 15.9 Å². The van der Waals surface area contributed by atoms with Crippen molar-refractivity contribution in [2.24, 2.45) is 0 Å². The van der Waals surface area contributed by atoms with Crippen molar-refractivity contribution in [3.8, 4) is 0 Å². The molecule has 0 aliphatic rings. The number of nitrogens with zero attached hydrogens (tertiary/aromatic N) is 1. The molecule has 1 N–H and O–H groups in total. The predicted octanol–water partition coefficient (Wildman–Crippen LogP) is 4.09. The minimum absolute atomic E-state index is 0.211. The van der Waals surface area contributed by atoms with E-state index >= 15 is 0 Å². The number of likely N-dealkylation sites (N-methyl/N-ethyl adjacent to an activating group) is 2. The first-order valence-corrected chi connectivity index (χ1v) is 8.44. The Morgan fingerprint density at radius 2 is 1.65 bits per heavy atom. The quantitative estimate of drug-likeness (QED) is 0.766. The van der Waals surface area contributed by atoms with Gasteiger partial charge in [0.1, 0.15) is 0 Å². The first kappa shape index (κ1) is 17.7. The van der Waals surface area contributed by atoms with Crippen LogP contribution in [0, 0.1) is 0 Å². The van der Waals surface area contributed by atoms with Crippen LogP contribution in [0.2, 0.25) is 0 Å². The molecule has 1 atom stereocenters. The number of halogens is 1. The van der Waals surface area contributed by atoms with Crippen LogP contribution in [0.4, 0.5) is 0 Å². The van der Waals surface area contributed by atoms with Gasteiger partial charge in [0, 0.05) is 16.1 Å². The van der Waals surface area contributed by atoms with Crippen LogP contribution in [0.25, 0.3) is 0 Å². The van der Waals surface area contributed by atoms with E-state index in [2.05, 4.69) is 85.3 Å². The summed E-state index contributed by atoms with van der Waals surface area (Å²) >= 11 is 3.51. The first-order valence-electron chi connectivity index (χ1n) is 7.65. The van der Waals surface area contributed by atoms with Gasteiger partial charge in [-0.3, -0.25) is 0 Å². The molecular formula is C17H29BrN2. The SMILES string of the molecule is CCNC(Cc1ccc(Br)cc1)C(CC)(CC)N(C)C. The summed E-state index contributed by atoms with van der Waals surface area (Å²) in [6.45, 7) is 7.81. The lowest BCUT2D eigenvalue weighted by molar-refractivity contribution is 0.0889. The highest BCUT2D eigenvalue weighted by molar-refractivity contribution is 9.10. The molecular weight excluding hydrogens is 312 g/mol. The molecule has 1 rings (SSSR count). The van der Waals surface area contributed by atoms with E-state index in [4.69, 9.17) is 0 Å². The Bertz CT molecular complexity index is 382. The minimum Gasteiger partial charge on any atom is -0.312 e. The Morgan fingerprint density at radius 3 is 2.05 bits per heavy atom. The second kappa shape index (κ2) is 8.16. The molecule has 0 radical (unpaired) electrons. The topological polar surface area (TPSA) is 15.3 Å². The van der Waals surface area contributed by atoms with Gasteiger partial charge in [-0.05, 0) is 57.6 Å². The van der Waals surface area contributed by atoms with E-state index in [1.165, 1.54) is 5.56 Å². The molecule has 2 nitrogen and oxygen atoms in total. The van der Waals surface area contributed by atoms with Crippen LogP contribution < -0.4 is 5.32 Å². The van der Waals surface area contributed by atoms with Crippen LogP contribution in [0.15, 0.2) is 28.7 Å². The molecule has 1 aromatic carbocycles. The third kappa shape index (κ3) is 4.06. The summed E-state index contributed by atoms with van der Waals surface area (Å²) in [6.07, 6.45) is 3.39. The zero-order chi connectivity index (χ0) is 15.2. The smallest absolute Gasteiger partial charge is 0.0354 e. The molecule has 0 aliphatic heterocycles. The van der Waals surface area contributed by atoms with E-state index in [-0.39, 0.29) is 5.54 Å². The Balaban J connectivity index is 2.99. The molecule has 0 saturated carbocycles. The molecule has 1 aromatic rings. The van der Waals surface area contributed by atoms with Crippen LogP contribution in [0.3, 0.4) is 0 Å². The molecule has 3 heteroatoms. The van der Waals surface area contributed by atoms with Gasteiger partial charge in [-0.25, -0.2) is 0 Å². The fourth-order valence-corrected chi connectivity index (χ4v) is 3.51. The fraction of sp³-hybridized carbons (Fsp3) is 0.647. The highest BCUT2D eigenvalue weighted by Crippen LogP contribution is 2.28. The van der Waals surface area contributed by atoms with Gasteiger partial charge in [0.2, 0.25) is 0 Å². The Hall–Kier alpha value is -0.380. The molecule has 0 fully saturated rings. The largest absolute Gasteiger partial charge is 0.312 e. The van der Waals surface area contributed by atoms with E-state index in [1.807, 2.05) is 0 Å². The van der Waals surface area contributed by atoms with Crippen molar-refractivity contribution in [1.82, 2.24) is 10.2 Å². The highest BCUT2D eigenvalue weighted by Gasteiger charge is 2.37. The van der Waals surface area contributed by atoms with Crippen molar-refractivity contribution in [1.29, 1.82) is 0 Å². The van der Waals surface area contributed by atoms with Gasteiger partial charge >= 0.3 is 0 Å². The summed E-state index contributed by atoms with van der Waals surface area (Å²) in [7, 11) is 4.41. The number of hydrogen-bond donors (Lipinski definition) is 1. The highest BCUT2D eigenvalue weighted by atomic mass is 79.9. The molecule has 1 unspecified atom stereocenters. The summed E-state index contributed by atoms with van der Waals surface area (Å²) in [5.74, 6) is 0. The lowest BCUT2D eigenvalue weighted by Gasteiger charge is -2.45. The van der Waals surface area contributed by atoms with Gasteiger partial charge in [-0.2, -0.15) is 0 Å². The van der Waals surface area contributed by atoms with Crippen molar-refractivity contribution in [3.05, 3.63) is 34.3 Å². The lowest BCUT2D eigenvalue weighted by atomic mass is 9.80. The lowest BCUT2D eigenvalue weighted by Crippen LogP contribution is -2.59. The second-order valence-corrected chi connectivity index (χ2v) is 6.56. The van der Waals surface area contributed by atoms with Crippen LogP contribution in [-0.4, -0.2) is 37.1 Å². The molecule has 0 bridgehead atoms. The van der Waals surface area contributed by atoms with E-state index in [0.29, 0.717) is 6.04 Å². The number of hydrogen-bond acceptors (Lipinski definition) is 2. The average Bonchev–Trinajstić information content (AvgIpc) is 2.43. The van der Waals surface area contributed by atoms with Gasteiger partial charge in [-0.1, -0.05) is 48.8 Å². The summed E-state index contributed by atoms with van der Waals surface area (Å²) in [5, 5.41) is 3.72. The van der Waals surface area contributed by atoms with Crippen LogP contribution in [-0.2, 0) is 6.42 Å². The average molecular weight is 341 g/mol. The van der Waals surface area contributed by atoms with Crippen LogP contribution in [0.1, 0.15) is 39.2 Å². The van der Waals surface area contributed by atoms with E-state index in [9.17, 15) is 0 Å². The Morgan fingerprint density at radius 1 is 1.10 bits per heavy atom. The fourth-order valence-electron chi connectivity index (χ4n) is 3.24. The Kier molecular flexibility index (Phi) is 7.21. The molecule has 0 amide bonds. The van der Waals surface area contributed by atoms with E-state index in [0.717, 1.165) is 30.3 Å². The number of benzene rings is 1. The van der Waals surface area contributed by atoms with Crippen molar-refractivity contribution in [3.63, 3.8) is 0 Å². The molecule has 0 saturated heterocycles. The van der Waals surface area contributed by atoms with Gasteiger partial charge in [0.05, 0.1) is 0 Å². The summed E-state index contributed by atoms with van der Waals surface area (Å²) < 4.78 is 1.14. The minimum atomic E-state index is 0.211. The van der Waals surface area contributed by atoms with Gasteiger partial charge in [0.25, 0.3) is 0 Å². The number of nitrogens with one attached hydrogen (secondary N) is 1.